The predicted molar refractivity (Wildman–Crippen MR) is 61.5 cm³/mol. The van der Waals surface area contributed by atoms with E-state index in [0.717, 1.165) is 5.92 Å². The fourth-order valence-corrected chi connectivity index (χ4v) is 3.52. The molecule has 14 heavy (non-hydrogen) atoms. The van der Waals surface area contributed by atoms with E-state index in [2.05, 4.69) is 18.9 Å². The Bertz CT molecular complexity index is 184. The van der Waals surface area contributed by atoms with Gasteiger partial charge in [0.1, 0.15) is 0 Å². The average molecular weight is 195 g/mol. The van der Waals surface area contributed by atoms with Crippen molar-refractivity contribution in [2.24, 2.45) is 5.92 Å². The van der Waals surface area contributed by atoms with Gasteiger partial charge >= 0.3 is 0 Å². The molecular weight excluding hydrogens is 170 g/mol. The first-order valence-electron chi connectivity index (χ1n) is 6.45. The first-order chi connectivity index (χ1) is 6.73. The number of nitrogens with zero attached hydrogens (tertiary/aromatic N) is 1. The lowest BCUT2D eigenvalue weighted by molar-refractivity contribution is 0.0173. The third kappa shape index (κ3) is 1.84. The van der Waals surface area contributed by atoms with Crippen molar-refractivity contribution in [2.45, 2.75) is 63.8 Å². The fourth-order valence-electron chi connectivity index (χ4n) is 3.52. The molecule has 1 aliphatic heterocycles. The second kappa shape index (κ2) is 4.22. The van der Waals surface area contributed by atoms with Crippen LogP contribution < -0.4 is 0 Å². The number of likely N-dealkylation sites (tertiary alicyclic amines) is 1. The zero-order valence-corrected chi connectivity index (χ0v) is 9.89. The van der Waals surface area contributed by atoms with Crippen molar-refractivity contribution in [3.05, 3.63) is 0 Å². The Morgan fingerprint density at radius 1 is 1.00 bits per heavy atom. The molecule has 1 unspecified atom stereocenters. The van der Waals surface area contributed by atoms with Gasteiger partial charge in [0.05, 0.1) is 0 Å². The van der Waals surface area contributed by atoms with Crippen LogP contribution in [0.5, 0.6) is 0 Å². The van der Waals surface area contributed by atoms with Crippen molar-refractivity contribution in [1.82, 2.24) is 4.90 Å². The number of hydrogen-bond donors (Lipinski definition) is 0. The van der Waals surface area contributed by atoms with Gasteiger partial charge in [-0.1, -0.05) is 25.7 Å². The van der Waals surface area contributed by atoms with Crippen molar-refractivity contribution in [3.63, 3.8) is 0 Å². The minimum absolute atomic E-state index is 0.540. The second-order valence-electron chi connectivity index (χ2n) is 5.57. The highest BCUT2D eigenvalue weighted by molar-refractivity contribution is 4.94. The lowest BCUT2D eigenvalue weighted by Gasteiger charge is -2.49. The van der Waals surface area contributed by atoms with Gasteiger partial charge in [0.2, 0.25) is 0 Å². The molecule has 1 heterocycles. The summed E-state index contributed by atoms with van der Waals surface area (Å²) < 4.78 is 0. The first kappa shape index (κ1) is 10.5. The van der Waals surface area contributed by atoms with Crippen molar-refractivity contribution in [3.8, 4) is 0 Å². The molecule has 0 spiro atoms. The SMILES string of the molecule is CN1CCCCC1(C)C1CCCCC1. The molecule has 82 valence electrons. The van der Waals surface area contributed by atoms with E-state index in [1.807, 2.05) is 0 Å². The maximum absolute atomic E-state index is 2.65. The van der Waals surface area contributed by atoms with Gasteiger partial charge in [-0.25, -0.2) is 0 Å². The summed E-state index contributed by atoms with van der Waals surface area (Å²) >= 11 is 0. The van der Waals surface area contributed by atoms with Crippen LogP contribution in [0.15, 0.2) is 0 Å². The zero-order valence-electron chi connectivity index (χ0n) is 9.89. The molecular formula is C13H25N. The van der Waals surface area contributed by atoms with Crippen LogP contribution in [-0.4, -0.2) is 24.0 Å². The lowest BCUT2D eigenvalue weighted by Crippen LogP contribution is -2.52. The minimum Gasteiger partial charge on any atom is -0.301 e. The highest BCUT2D eigenvalue weighted by Crippen LogP contribution is 2.40. The zero-order chi connectivity index (χ0) is 10.0. The Kier molecular flexibility index (Phi) is 3.16. The molecule has 0 aromatic heterocycles. The smallest absolute Gasteiger partial charge is 0.0206 e. The lowest BCUT2D eigenvalue weighted by atomic mass is 9.71. The summed E-state index contributed by atoms with van der Waals surface area (Å²) in [5, 5.41) is 0. The first-order valence-corrected chi connectivity index (χ1v) is 6.45. The largest absolute Gasteiger partial charge is 0.301 e. The standard InChI is InChI=1S/C13H25N/c1-13(10-6-7-11-14(13)2)12-8-4-3-5-9-12/h12H,3-11H2,1-2H3. The molecule has 0 aromatic carbocycles. The summed E-state index contributed by atoms with van der Waals surface area (Å²) in [5.74, 6) is 0.988. The summed E-state index contributed by atoms with van der Waals surface area (Å²) in [4.78, 5) is 2.65. The summed E-state index contributed by atoms with van der Waals surface area (Å²) in [5.41, 5.74) is 0.540. The fraction of sp³-hybridized carbons (Fsp3) is 1.00. The van der Waals surface area contributed by atoms with Gasteiger partial charge in [0, 0.05) is 5.54 Å². The van der Waals surface area contributed by atoms with Gasteiger partial charge < -0.3 is 4.90 Å². The molecule has 1 aliphatic carbocycles. The molecule has 2 rings (SSSR count). The number of piperidine rings is 1. The molecule has 2 fully saturated rings. The topological polar surface area (TPSA) is 3.24 Å². The Labute approximate surface area is 88.9 Å². The number of rotatable bonds is 1. The molecule has 0 radical (unpaired) electrons. The molecule has 0 bridgehead atoms. The number of hydrogen-bond acceptors (Lipinski definition) is 1. The third-order valence-electron chi connectivity index (χ3n) is 4.78. The van der Waals surface area contributed by atoms with Crippen molar-refractivity contribution < 1.29 is 0 Å². The Morgan fingerprint density at radius 2 is 1.71 bits per heavy atom. The minimum atomic E-state index is 0.540. The van der Waals surface area contributed by atoms with E-state index in [1.54, 1.807) is 0 Å². The van der Waals surface area contributed by atoms with Crippen LogP contribution in [-0.2, 0) is 0 Å². The molecule has 1 atom stereocenters. The van der Waals surface area contributed by atoms with Crippen molar-refractivity contribution in [1.29, 1.82) is 0 Å². The van der Waals surface area contributed by atoms with Crippen LogP contribution in [0.3, 0.4) is 0 Å². The van der Waals surface area contributed by atoms with Gasteiger partial charge in [0.25, 0.3) is 0 Å². The molecule has 1 nitrogen and oxygen atoms in total. The Balaban J connectivity index is 2.03. The maximum atomic E-state index is 2.65. The van der Waals surface area contributed by atoms with Crippen LogP contribution in [0.2, 0.25) is 0 Å². The van der Waals surface area contributed by atoms with E-state index < -0.39 is 0 Å². The average Bonchev–Trinajstić information content (AvgIpc) is 2.24. The summed E-state index contributed by atoms with van der Waals surface area (Å²) in [6.07, 6.45) is 11.7. The van der Waals surface area contributed by atoms with Gasteiger partial charge in [0.15, 0.2) is 0 Å². The second-order valence-corrected chi connectivity index (χ2v) is 5.57. The van der Waals surface area contributed by atoms with E-state index in [0.29, 0.717) is 5.54 Å². The molecule has 0 aromatic rings. The van der Waals surface area contributed by atoms with Gasteiger partial charge in [-0.15, -0.1) is 0 Å². The molecule has 1 heteroatoms. The summed E-state index contributed by atoms with van der Waals surface area (Å²) in [7, 11) is 2.34. The van der Waals surface area contributed by atoms with Gasteiger partial charge in [-0.3, -0.25) is 0 Å². The van der Waals surface area contributed by atoms with E-state index in [1.165, 1.54) is 57.9 Å². The third-order valence-corrected chi connectivity index (χ3v) is 4.78. The van der Waals surface area contributed by atoms with E-state index in [-0.39, 0.29) is 0 Å². The van der Waals surface area contributed by atoms with Crippen molar-refractivity contribution >= 4 is 0 Å². The summed E-state index contributed by atoms with van der Waals surface area (Å²) in [6.45, 7) is 3.84. The molecule has 1 saturated carbocycles. The van der Waals surface area contributed by atoms with Crippen LogP contribution in [0.25, 0.3) is 0 Å². The summed E-state index contributed by atoms with van der Waals surface area (Å²) in [6, 6.07) is 0. The Morgan fingerprint density at radius 3 is 2.36 bits per heavy atom. The van der Waals surface area contributed by atoms with E-state index in [9.17, 15) is 0 Å². The highest BCUT2D eigenvalue weighted by atomic mass is 15.2. The molecule has 1 saturated heterocycles. The van der Waals surface area contributed by atoms with E-state index in [4.69, 9.17) is 0 Å². The highest BCUT2D eigenvalue weighted by Gasteiger charge is 2.39. The van der Waals surface area contributed by atoms with E-state index >= 15 is 0 Å². The van der Waals surface area contributed by atoms with Gasteiger partial charge in [-0.2, -0.15) is 0 Å². The molecule has 0 amide bonds. The van der Waals surface area contributed by atoms with Crippen LogP contribution in [0, 0.1) is 5.92 Å². The normalized spacial score (nSPS) is 37.3. The predicted octanol–water partition coefficient (Wildman–Crippen LogP) is 3.44. The quantitative estimate of drug-likeness (QED) is 0.619. The monoisotopic (exact) mass is 195 g/mol. The Hall–Kier alpha value is -0.0400. The van der Waals surface area contributed by atoms with Crippen LogP contribution >= 0.6 is 0 Å². The van der Waals surface area contributed by atoms with Crippen LogP contribution in [0.4, 0.5) is 0 Å². The molecule has 0 N–H and O–H groups in total. The van der Waals surface area contributed by atoms with Gasteiger partial charge in [-0.05, 0) is 52.1 Å². The van der Waals surface area contributed by atoms with Crippen molar-refractivity contribution in [2.75, 3.05) is 13.6 Å². The maximum Gasteiger partial charge on any atom is 0.0206 e. The molecule has 2 aliphatic rings. The van der Waals surface area contributed by atoms with Crippen LogP contribution in [0.1, 0.15) is 58.3 Å².